The predicted octanol–water partition coefficient (Wildman–Crippen LogP) is 8.11. The van der Waals surface area contributed by atoms with E-state index in [2.05, 4.69) is 39.8 Å². The summed E-state index contributed by atoms with van der Waals surface area (Å²) in [5.41, 5.74) is -0.314. The summed E-state index contributed by atoms with van der Waals surface area (Å²) in [4.78, 5) is 42.0. The predicted molar refractivity (Wildman–Crippen MR) is 188 cm³/mol. The summed E-state index contributed by atoms with van der Waals surface area (Å²) < 4.78 is 26.1. The van der Waals surface area contributed by atoms with Crippen LogP contribution in [0.3, 0.4) is 0 Å². The topological polar surface area (TPSA) is 108 Å². The maximum Gasteiger partial charge on any atom is 0.333 e. The first-order chi connectivity index (χ1) is 23.1. The Bertz CT molecular complexity index is 1780. The molecule has 49 heavy (non-hydrogen) atoms. The average molecular weight is 671 g/mol. The quantitative estimate of drug-likeness (QED) is 0.151. The Kier molecular flexibility index (Phi) is 8.66. The molecule has 1 N–H and O–H groups in total. The monoisotopic (exact) mass is 670 g/mol. The van der Waals surface area contributed by atoms with Crippen LogP contribution in [0, 0.1) is 11.8 Å². The summed E-state index contributed by atoms with van der Waals surface area (Å²) in [5.74, 6) is -1.42. The minimum Gasteiger partial charge on any atom is -0.506 e. The Morgan fingerprint density at radius 1 is 1.04 bits per heavy atom. The second-order valence-electron chi connectivity index (χ2n) is 15.3. The number of phenols is 1. The molecule has 1 aromatic rings. The smallest absolute Gasteiger partial charge is 0.333 e. The van der Waals surface area contributed by atoms with E-state index in [9.17, 15) is 19.5 Å². The molecule has 4 bridgehead atoms. The Balaban J connectivity index is 1.57. The van der Waals surface area contributed by atoms with Crippen LogP contribution >= 0.6 is 0 Å². The lowest BCUT2D eigenvalue weighted by Crippen LogP contribution is -2.72. The van der Waals surface area contributed by atoms with Crippen LogP contribution in [0.5, 0.6) is 17.2 Å². The molecule has 1 spiro atoms. The minimum absolute atomic E-state index is 0.0235. The van der Waals surface area contributed by atoms with Crippen LogP contribution < -0.4 is 9.47 Å². The van der Waals surface area contributed by atoms with Crippen LogP contribution in [-0.4, -0.2) is 51.7 Å². The number of allylic oxidation sites excluding steroid dienone is 5. The van der Waals surface area contributed by atoms with Gasteiger partial charge in [0.1, 0.15) is 28.4 Å². The van der Waals surface area contributed by atoms with Crippen LogP contribution in [0.4, 0.5) is 0 Å². The van der Waals surface area contributed by atoms with Gasteiger partial charge in [0.25, 0.3) is 0 Å². The van der Waals surface area contributed by atoms with Crippen molar-refractivity contribution in [2.24, 2.45) is 11.8 Å². The first-order valence-corrected chi connectivity index (χ1v) is 17.7. The van der Waals surface area contributed by atoms with Crippen LogP contribution in [0.2, 0.25) is 0 Å². The van der Waals surface area contributed by atoms with E-state index in [4.69, 9.17) is 18.9 Å². The molecular weight excluding hydrogens is 620 g/mol. The molecule has 262 valence electrons. The molecule has 3 heterocycles. The number of phenolic OH excluding ortho intramolecular Hbond substituents is 1. The fourth-order valence-corrected chi connectivity index (χ4v) is 8.53. The molecule has 6 aliphatic rings. The standard InChI is InChI=1S/C41H50O8/c1-10-24(5)14-15-28-34-27(17-19-39(9,47-34)18-12-13-23(3)4)32(42)31-33(43)29-21-26-22-30-38(7,8)49-40(36(26)44,41(29,30)48-35(28)31)20-16-25(6)37(45)46-11-2/h13-14,16-17,19,21,26,30,42H,10-12,15,18,20,22H2,1-9H3/b24-14+,25-16-. The van der Waals surface area contributed by atoms with E-state index in [1.807, 2.05) is 32.9 Å². The first kappa shape index (κ1) is 34.9. The van der Waals surface area contributed by atoms with Crippen LogP contribution in [0.1, 0.15) is 116 Å². The van der Waals surface area contributed by atoms with Crippen molar-refractivity contribution in [2.45, 2.75) is 123 Å². The van der Waals surface area contributed by atoms with Crippen molar-refractivity contribution in [3.63, 3.8) is 0 Å². The zero-order valence-electron chi connectivity index (χ0n) is 30.4. The van der Waals surface area contributed by atoms with Crippen molar-refractivity contribution in [1.29, 1.82) is 0 Å². The van der Waals surface area contributed by atoms with Crippen LogP contribution in [0.25, 0.3) is 6.08 Å². The SMILES string of the molecule is CCOC(=O)/C(C)=C\CC12OC(C)(C)C3CC(C=C4C(=O)c5c(O)c6c(c(C/C=C(\C)CC)c5OC431)OC(C)(CCC=C(C)C)C=C6)C2=O. The summed E-state index contributed by atoms with van der Waals surface area (Å²) >= 11 is 0. The molecule has 0 aromatic heterocycles. The Morgan fingerprint density at radius 3 is 2.45 bits per heavy atom. The van der Waals surface area contributed by atoms with Gasteiger partial charge >= 0.3 is 5.97 Å². The zero-order chi connectivity index (χ0) is 35.7. The molecule has 3 aliphatic heterocycles. The molecule has 5 atom stereocenters. The zero-order valence-corrected chi connectivity index (χ0v) is 30.4. The van der Waals surface area contributed by atoms with E-state index in [-0.39, 0.29) is 47.6 Å². The first-order valence-electron chi connectivity index (χ1n) is 17.7. The molecule has 8 heteroatoms. The summed E-state index contributed by atoms with van der Waals surface area (Å²) in [5, 5.41) is 11.9. The fraction of sp³-hybridized carbons (Fsp3) is 0.537. The number of Topliss-reactive ketones (excluding diaryl/α,β-unsaturated/α-hetero) is 2. The van der Waals surface area contributed by atoms with Crippen molar-refractivity contribution in [1.82, 2.24) is 0 Å². The van der Waals surface area contributed by atoms with E-state index in [0.717, 1.165) is 18.4 Å². The number of ketones is 2. The van der Waals surface area contributed by atoms with Gasteiger partial charge in [-0.15, -0.1) is 0 Å². The molecule has 2 fully saturated rings. The van der Waals surface area contributed by atoms with Crippen molar-refractivity contribution >= 4 is 23.6 Å². The van der Waals surface area contributed by atoms with Gasteiger partial charge in [-0.3, -0.25) is 9.59 Å². The lowest BCUT2D eigenvalue weighted by molar-refractivity contribution is -0.171. The molecule has 0 amide bonds. The fourth-order valence-electron chi connectivity index (χ4n) is 8.53. The van der Waals surface area contributed by atoms with E-state index in [1.54, 1.807) is 26.0 Å². The highest BCUT2D eigenvalue weighted by Crippen LogP contribution is 2.68. The maximum absolute atomic E-state index is 14.9. The van der Waals surface area contributed by atoms with Gasteiger partial charge in [-0.05, 0) is 99.6 Å². The van der Waals surface area contributed by atoms with Gasteiger partial charge in [0.15, 0.2) is 22.8 Å². The van der Waals surface area contributed by atoms with Crippen molar-refractivity contribution in [2.75, 3.05) is 6.61 Å². The third-order valence-corrected chi connectivity index (χ3v) is 11.2. The maximum atomic E-state index is 14.9. The van der Waals surface area contributed by atoms with Gasteiger partial charge in [0.2, 0.25) is 0 Å². The highest BCUT2D eigenvalue weighted by atomic mass is 16.6. The van der Waals surface area contributed by atoms with Gasteiger partial charge < -0.3 is 24.1 Å². The minimum atomic E-state index is -1.58. The summed E-state index contributed by atoms with van der Waals surface area (Å²) in [6.07, 6.45) is 14.8. The van der Waals surface area contributed by atoms with Gasteiger partial charge in [-0.1, -0.05) is 42.4 Å². The van der Waals surface area contributed by atoms with E-state index in [1.165, 1.54) is 5.57 Å². The number of carbonyl (C=O) groups excluding carboxylic acids is 3. The highest BCUT2D eigenvalue weighted by molar-refractivity contribution is 6.19. The highest BCUT2D eigenvalue weighted by Gasteiger charge is 2.81. The second-order valence-corrected chi connectivity index (χ2v) is 15.3. The molecule has 5 unspecified atom stereocenters. The normalized spacial score (nSPS) is 30.5. The number of benzene rings is 1. The molecule has 1 aromatic carbocycles. The van der Waals surface area contributed by atoms with Crippen LogP contribution in [-0.2, 0) is 25.5 Å². The number of carbonyl (C=O) groups is 3. The van der Waals surface area contributed by atoms with Gasteiger partial charge in [-0.25, -0.2) is 4.79 Å². The van der Waals surface area contributed by atoms with Crippen molar-refractivity contribution in [3.8, 4) is 17.2 Å². The summed E-state index contributed by atoms with van der Waals surface area (Å²) in [7, 11) is 0. The molecule has 1 saturated carbocycles. The average Bonchev–Trinajstić information content (AvgIpc) is 3.20. The van der Waals surface area contributed by atoms with Crippen molar-refractivity contribution < 1.29 is 38.4 Å². The molecule has 7 rings (SSSR count). The van der Waals surface area contributed by atoms with Gasteiger partial charge in [-0.2, -0.15) is 0 Å². The number of fused-ring (bicyclic) bond motifs is 2. The van der Waals surface area contributed by atoms with Crippen LogP contribution in [0.15, 0.2) is 52.7 Å². The Morgan fingerprint density at radius 2 is 1.78 bits per heavy atom. The Hall–Kier alpha value is -3.91. The molecule has 1 saturated heterocycles. The molecular formula is C41H50O8. The largest absolute Gasteiger partial charge is 0.506 e. The number of aromatic hydroxyl groups is 1. The van der Waals surface area contributed by atoms with E-state index >= 15 is 0 Å². The van der Waals surface area contributed by atoms with E-state index in [0.29, 0.717) is 47.3 Å². The Labute approximate surface area is 289 Å². The van der Waals surface area contributed by atoms with Gasteiger partial charge in [0, 0.05) is 35.0 Å². The van der Waals surface area contributed by atoms with Crippen molar-refractivity contribution in [3.05, 3.63) is 69.4 Å². The van der Waals surface area contributed by atoms with E-state index < -0.39 is 34.3 Å². The number of ether oxygens (including phenoxy) is 4. The molecule has 0 radical (unpaired) electrons. The summed E-state index contributed by atoms with van der Waals surface area (Å²) in [6.45, 7) is 17.8. The molecule has 3 aliphatic carbocycles. The summed E-state index contributed by atoms with van der Waals surface area (Å²) in [6, 6.07) is 0. The lowest BCUT2D eigenvalue weighted by Gasteiger charge is -2.56. The number of rotatable bonds is 10. The lowest BCUT2D eigenvalue weighted by atomic mass is 9.51. The molecule has 8 nitrogen and oxygen atoms in total. The third-order valence-electron chi connectivity index (χ3n) is 11.2. The number of hydrogen-bond donors (Lipinski definition) is 1. The second kappa shape index (κ2) is 12.1. The number of hydrogen-bond acceptors (Lipinski definition) is 8. The number of esters is 1. The van der Waals surface area contributed by atoms with Gasteiger partial charge in [0.05, 0.1) is 17.8 Å². The third kappa shape index (κ3) is 5.24.